The van der Waals surface area contributed by atoms with Crippen LogP contribution in [-0.4, -0.2) is 42.1 Å². The highest BCUT2D eigenvalue weighted by Gasteiger charge is 2.52. The lowest BCUT2D eigenvalue weighted by atomic mass is 9.66. The molecule has 3 aliphatic heterocycles. The topological polar surface area (TPSA) is 45.3 Å². The number of esters is 1. The van der Waals surface area contributed by atoms with Crippen molar-refractivity contribution in [2.75, 3.05) is 20.2 Å². The minimum Gasteiger partial charge on any atom is -0.469 e. The highest BCUT2D eigenvalue weighted by atomic mass is 16.5. The predicted molar refractivity (Wildman–Crippen MR) is 88.3 cm³/mol. The van der Waals surface area contributed by atoms with Crippen molar-refractivity contribution in [2.45, 2.75) is 31.2 Å². The van der Waals surface area contributed by atoms with Crippen LogP contribution in [0.5, 0.6) is 0 Å². The highest BCUT2D eigenvalue weighted by molar-refractivity contribution is 5.85. The van der Waals surface area contributed by atoms with Gasteiger partial charge in [0.2, 0.25) is 0 Å². The van der Waals surface area contributed by atoms with E-state index in [1.807, 2.05) is 0 Å². The van der Waals surface area contributed by atoms with Crippen molar-refractivity contribution in [3.8, 4) is 0 Å². The van der Waals surface area contributed by atoms with Crippen LogP contribution in [0.25, 0.3) is 10.9 Å². The lowest BCUT2D eigenvalue weighted by molar-refractivity contribution is -0.154. The van der Waals surface area contributed by atoms with E-state index in [4.69, 9.17) is 4.74 Å². The second-order valence-corrected chi connectivity index (χ2v) is 7.37. The Morgan fingerprint density at radius 3 is 3.04 bits per heavy atom. The number of para-hydroxylation sites is 1. The Morgan fingerprint density at radius 1 is 1.30 bits per heavy atom. The number of piperidine rings is 2. The number of ether oxygens (including phenoxy) is 1. The molecule has 1 aliphatic carbocycles. The summed E-state index contributed by atoms with van der Waals surface area (Å²) in [5, 5.41) is 1.36. The number of carbonyl (C=O) groups excluding carboxylic acids is 1. The summed E-state index contributed by atoms with van der Waals surface area (Å²) in [5.41, 5.74) is 4.10. The van der Waals surface area contributed by atoms with E-state index in [9.17, 15) is 4.79 Å². The van der Waals surface area contributed by atoms with Crippen LogP contribution in [0.15, 0.2) is 24.3 Å². The van der Waals surface area contributed by atoms with Crippen molar-refractivity contribution in [1.29, 1.82) is 0 Å². The Hall–Kier alpha value is -1.81. The predicted octanol–water partition coefficient (Wildman–Crippen LogP) is 2.69. The first-order chi connectivity index (χ1) is 11.3. The van der Waals surface area contributed by atoms with Crippen molar-refractivity contribution in [2.24, 2.45) is 11.8 Å². The third-order valence-electron chi connectivity index (χ3n) is 6.28. The molecule has 6 rings (SSSR count). The molecule has 1 aromatic carbocycles. The van der Waals surface area contributed by atoms with Crippen LogP contribution in [0.1, 0.15) is 30.0 Å². The molecule has 1 unspecified atom stereocenters. The van der Waals surface area contributed by atoms with Crippen molar-refractivity contribution in [1.82, 2.24) is 9.88 Å². The molecule has 0 spiro atoms. The third-order valence-corrected chi connectivity index (χ3v) is 6.28. The average Bonchev–Trinajstić information content (AvgIpc) is 2.92. The van der Waals surface area contributed by atoms with Gasteiger partial charge in [-0.15, -0.1) is 0 Å². The maximum Gasteiger partial charge on any atom is 0.310 e. The van der Waals surface area contributed by atoms with Gasteiger partial charge in [0.25, 0.3) is 0 Å². The molecular weight excluding hydrogens is 288 g/mol. The minimum atomic E-state index is -0.0195. The molecule has 1 saturated carbocycles. The number of aromatic amines is 1. The molecular formula is C19H22N2O2. The first-order valence-corrected chi connectivity index (χ1v) is 8.67. The monoisotopic (exact) mass is 310 g/mol. The summed E-state index contributed by atoms with van der Waals surface area (Å²) < 4.78 is 5.12. The van der Waals surface area contributed by atoms with Gasteiger partial charge in [-0.25, -0.2) is 0 Å². The molecule has 23 heavy (non-hydrogen) atoms. The summed E-state index contributed by atoms with van der Waals surface area (Å²) in [6, 6.07) is 8.92. The smallest absolute Gasteiger partial charge is 0.310 e. The van der Waals surface area contributed by atoms with Gasteiger partial charge in [0.05, 0.1) is 13.0 Å². The number of methoxy groups -OCH3 is 1. The van der Waals surface area contributed by atoms with Crippen LogP contribution in [-0.2, 0) is 16.0 Å². The number of aromatic nitrogens is 1. The van der Waals surface area contributed by atoms with Gasteiger partial charge in [0.15, 0.2) is 0 Å². The van der Waals surface area contributed by atoms with E-state index in [0.717, 1.165) is 25.9 Å². The van der Waals surface area contributed by atoms with Gasteiger partial charge in [-0.2, -0.15) is 0 Å². The van der Waals surface area contributed by atoms with Crippen LogP contribution in [0.2, 0.25) is 0 Å². The number of benzene rings is 1. The molecule has 2 saturated heterocycles. The van der Waals surface area contributed by atoms with Crippen LogP contribution < -0.4 is 0 Å². The first-order valence-electron chi connectivity index (χ1n) is 8.67. The zero-order valence-corrected chi connectivity index (χ0v) is 13.4. The summed E-state index contributed by atoms with van der Waals surface area (Å²) in [4.78, 5) is 18.6. The van der Waals surface area contributed by atoms with Crippen molar-refractivity contribution < 1.29 is 9.53 Å². The fourth-order valence-electron chi connectivity index (χ4n) is 5.46. The molecule has 3 fully saturated rings. The van der Waals surface area contributed by atoms with Gasteiger partial charge in [-0.05, 0) is 36.8 Å². The van der Waals surface area contributed by atoms with E-state index in [-0.39, 0.29) is 11.9 Å². The fourth-order valence-corrected chi connectivity index (χ4v) is 5.46. The van der Waals surface area contributed by atoms with E-state index in [1.54, 1.807) is 0 Å². The second-order valence-electron chi connectivity index (χ2n) is 7.37. The van der Waals surface area contributed by atoms with E-state index in [0.29, 0.717) is 17.9 Å². The Kier molecular flexibility index (Phi) is 2.87. The highest BCUT2D eigenvalue weighted by Crippen LogP contribution is 2.50. The molecule has 0 radical (unpaired) electrons. The normalized spacial score (nSPS) is 34.9. The number of nitrogens with one attached hydrogen (secondary N) is 1. The molecule has 4 heterocycles. The number of rotatable bonds is 1. The lowest BCUT2D eigenvalue weighted by Gasteiger charge is -2.52. The third kappa shape index (κ3) is 1.84. The maximum absolute atomic E-state index is 12.3. The van der Waals surface area contributed by atoms with Crippen LogP contribution in [0.4, 0.5) is 0 Å². The molecule has 4 heteroatoms. The molecule has 2 aromatic rings. The van der Waals surface area contributed by atoms with Gasteiger partial charge in [-0.1, -0.05) is 18.2 Å². The van der Waals surface area contributed by atoms with E-state index in [1.165, 1.54) is 35.7 Å². The fraction of sp³-hybridized carbons (Fsp3) is 0.526. The molecule has 5 atom stereocenters. The van der Waals surface area contributed by atoms with Gasteiger partial charge in [-0.3, -0.25) is 9.69 Å². The number of carbonyl (C=O) groups is 1. The Balaban J connectivity index is 1.65. The molecule has 0 amide bonds. The second kappa shape index (κ2) is 4.84. The zero-order chi connectivity index (χ0) is 15.6. The molecule has 4 bridgehead atoms. The molecule has 1 N–H and O–H groups in total. The first kappa shape index (κ1) is 13.6. The molecule has 120 valence electrons. The Labute approximate surface area is 135 Å². The van der Waals surface area contributed by atoms with Crippen LogP contribution >= 0.6 is 0 Å². The van der Waals surface area contributed by atoms with E-state index in [2.05, 4.69) is 34.1 Å². The maximum atomic E-state index is 12.3. The quantitative estimate of drug-likeness (QED) is 0.824. The average molecular weight is 310 g/mol. The summed E-state index contributed by atoms with van der Waals surface area (Å²) >= 11 is 0. The molecule has 1 aromatic heterocycles. The summed E-state index contributed by atoms with van der Waals surface area (Å²) in [7, 11) is 1.53. The van der Waals surface area contributed by atoms with Gasteiger partial charge in [0, 0.05) is 41.6 Å². The number of fused-ring (bicyclic) bond motifs is 4. The van der Waals surface area contributed by atoms with Crippen LogP contribution in [0, 0.1) is 11.8 Å². The number of hydrogen-bond donors (Lipinski definition) is 1. The number of H-pyrrole nitrogens is 1. The SMILES string of the molecule is COC(=O)[C@H]1C[C@@H]2C[C@H]3c4[nH]c5ccccc5c4CCN(C2)[C@@H]13. The van der Waals surface area contributed by atoms with Crippen molar-refractivity contribution in [3.63, 3.8) is 0 Å². The Bertz CT molecular complexity index is 781. The van der Waals surface area contributed by atoms with Crippen molar-refractivity contribution in [3.05, 3.63) is 35.5 Å². The standard InChI is InChI=1S/C19H22N2O2/c1-23-19(22)15-9-11-8-14-17-13(6-7-21(10-11)18(14)15)12-4-2-3-5-16(12)20-17/h2-5,11,14-15,18,20H,6-10H2,1H3/t11-,14-,15-,18+/m0/s1. The zero-order valence-electron chi connectivity index (χ0n) is 13.4. The lowest BCUT2D eigenvalue weighted by Crippen LogP contribution is -2.58. The van der Waals surface area contributed by atoms with E-state index < -0.39 is 0 Å². The molecule has 4 nitrogen and oxygen atoms in total. The minimum absolute atomic E-state index is 0.0195. The summed E-state index contributed by atoms with van der Waals surface area (Å²) in [6.45, 7) is 2.21. The Morgan fingerprint density at radius 2 is 2.17 bits per heavy atom. The van der Waals surface area contributed by atoms with Crippen molar-refractivity contribution >= 4 is 16.9 Å². The number of nitrogens with zero attached hydrogens (tertiary/aromatic N) is 1. The van der Waals surface area contributed by atoms with Gasteiger partial charge in [0.1, 0.15) is 0 Å². The molecule has 4 aliphatic rings. The van der Waals surface area contributed by atoms with E-state index >= 15 is 0 Å². The van der Waals surface area contributed by atoms with Gasteiger partial charge >= 0.3 is 5.97 Å². The van der Waals surface area contributed by atoms with Crippen LogP contribution in [0.3, 0.4) is 0 Å². The summed E-state index contributed by atoms with van der Waals surface area (Å²) in [5.74, 6) is 1.08. The largest absolute Gasteiger partial charge is 0.469 e. The number of hydrogen-bond acceptors (Lipinski definition) is 3. The summed E-state index contributed by atoms with van der Waals surface area (Å²) in [6.07, 6.45) is 3.28. The van der Waals surface area contributed by atoms with Gasteiger partial charge < -0.3 is 9.72 Å².